The van der Waals surface area contributed by atoms with Gasteiger partial charge in [0.05, 0.1) is 24.0 Å². The fourth-order valence-corrected chi connectivity index (χ4v) is 5.76. The van der Waals surface area contributed by atoms with Gasteiger partial charge in [0.15, 0.2) is 6.17 Å². The molecule has 6 nitrogen and oxygen atoms in total. The summed E-state index contributed by atoms with van der Waals surface area (Å²) in [5.74, 6) is 0. The highest BCUT2D eigenvalue weighted by Gasteiger charge is 2.55. The van der Waals surface area contributed by atoms with Crippen LogP contribution in [0.4, 0.5) is 17.6 Å². The van der Waals surface area contributed by atoms with Crippen LogP contribution in [0.1, 0.15) is 46.3 Å². The Morgan fingerprint density at radius 3 is 2.38 bits per heavy atom. The summed E-state index contributed by atoms with van der Waals surface area (Å²) in [6.45, 7) is 0. The maximum absolute atomic E-state index is 15.4. The molecule has 29 heavy (non-hydrogen) atoms. The molecule has 1 aromatic carbocycles. The van der Waals surface area contributed by atoms with Gasteiger partial charge < -0.3 is 0 Å². The number of alkyl halides is 4. The van der Waals surface area contributed by atoms with Gasteiger partial charge in [0.25, 0.3) is 0 Å². The minimum Gasteiger partial charge on any atom is -0.279 e. The smallest absolute Gasteiger partial charge is 0.279 e. The van der Waals surface area contributed by atoms with E-state index in [4.69, 9.17) is 0 Å². The number of sulfonamides is 1. The van der Waals surface area contributed by atoms with Gasteiger partial charge in [-0.1, -0.05) is 24.3 Å². The van der Waals surface area contributed by atoms with Gasteiger partial charge in [-0.05, 0) is 23.3 Å². The average molecular weight is 424 g/mol. The number of aromatic nitrogens is 3. The van der Waals surface area contributed by atoms with Gasteiger partial charge in [-0.2, -0.15) is 22.6 Å². The first-order valence-corrected chi connectivity index (χ1v) is 9.98. The maximum Gasteiger partial charge on any atom is 0.433 e. The highest BCUT2D eigenvalue weighted by molar-refractivity contribution is 7.89. The summed E-state index contributed by atoms with van der Waals surface area (Å²) in [5.41, 5.74) is 0.499. The molecule has 0 saturated carbocycles. The highest BCUT2D eigenvalue weighted by Crippen LogP contribution is 2.58. The fraction of sp³-hybridized carbons (Fsp3) is 0.222. The molecule has 2 aliphatic heterocycles. The standard InChI is InChI=1S/C18H12F4N4O2S/c19-14-15-12(8-24-25-15)16-10-3-1-2-4-11(10)17(14)26(16)29(27,28)9-5-6-13(23-7-9)18(20,21)22/h1-8,14,16-17H,(H,24,25). The largest absolute Gasteiger partial charge is 0.433 e. The lowest BCUT2D eigenvalue weighted by molar-refractivity contribution is -0.141. The zero-order valence-corrected chi connectivity index (χ0v) is 15.2. The minimum absolute atomic E-state index is 0.202. The van der Waals surface area contributed by atoms with Crippen LogP contribution < -0.4 is 0 Å². The third kappa shape index (κ3) is 2.47. The molecule has 0 amide bonds. The van der Waals surface area contributed by atoms with Crippen LogP contribution in [-0.2, 0) is 16.2 Å². The third-order valence-corrected chi connectivity index (χ3v) is 7.12. The average Bonchev–Trinajstić information content (AvgIpc) is 3.28. The lowest BCUT2D eigenvalue weighted by Gasteiger charge is -2.35. The van der Waals surface area contributed by atoms with Crippen molar-refractivity contribution in [2.24, 2.45) is 0 Å². The van der Waals surface area contributed by atoms with Crippen LogP contribution in [-0.4, -0.2) is 27.9 Å². The van der Waals surface area contributed by atoms with Crippen molar-refractivity contribution in [2.45, 2.75) is 29.3 Å². The molecule has 3 aromatic rings. The van der Waals surface area contributed by atoms with E-state index in [1.165, 1.54) is 6.20 Å². The predicted octanol–water partition coefficient (Wildman–Crippen LogP) is 3.68. The van der Waals surface area contributed by atoms with Gasteiger partial charge in [-0.3, -0.25) is 10.1 Å². The Morgan fingerprint density at radius 2 is 1.72 bits per heavy atom. The van der Waals surface area contributed by atoms with Crippen molar-refractivity contribution in [3.05, 3.63) is 76.9 Å². The number of pyridine rings is 1. The molecule has 5 rings (SSSR count). The summed E-state index contributed by atoms with van der Waals surface area (Å²) >= 11 is 0. The molecule has 11 heteroatoms. The Kier molecular flexibility index (Phi) is 3.69. The molecule has 2 bridgehead atoms. The van der Waals surface area contributed by atoms with Crippen molar-refractivity contribution in [2.75, 3.05) is 0 Å². The molecule has 2 aromatic heterocycles. The quantitative estimate of drug-likeness (QED) is 0.637. The van der Waals surface area contributed by atoms with Crippen LogP contribution in [0.15, 0.2) is 53.7 Å². The summed E-state index contributed by atoms with van der Waals surface area (Å²) in [5, 5.41) is 6.44. The van der Waals surface area contributed by atoms with E-state index >= 15 is 4.39 Å². The normalized spacial score (nSPS) is 23.7. The Bertz CT molecular complexity index is 1210. The highest BCUT2D eigenvalue weighted by atomic mass is 32.2. The maximum atomic E-state index is 15.4. The zero-order chi connectivity index (χ0) is 20.6. The van der Waals surface area contributed by atoms with E-state index in [9.17, 15) is 21.6 Å². The number of hydrogen-bond donors (Lipinski definition) is 1. The van der Waals surface area contributed by atoms with Crippen LogP contribution in [0, 0.1) is 0 Å². The monoisotopic (exact) mass is 424 g/mol. The molecule has 0 fully saturated rings. The number of benzene rings is 1. The van der Waals surface area contributed by atoms with Gasteiger partial charge in [0.1, 0.15) is 10.6 Å². The van der Waals surface area contributed by atoms with Gasteiger partial charge in [0, 0.05) is 11.8 Å². The molecule has 3 unspecified atom stereocenters. The van der Waals surface area contributed by atoms with Crippen molar-refractivity contribution in [1.82, 2.24) is 19.5 Å². The Hall–Kier alpha value is -2.79. The first-order valence-electron chi connectivity index (χ1n) is 8.54. The number of halogens is 4. The summed E-state index contributed by atoms with van der Waals surface area (Å²) in [4.78, 5) is 2.80. The summed E-state index contributed by atoms with van der Waals surface area (Å²) in [6, 6.07) is 6.22. The summed E-state index contributed by atoms with van der Waals surface area (Å²) < 4.78 is 81.4. The van der Waals surface area contributed by atoms with E-state index in [1.54, 1.807) is 24.3 Å². The van der Waals surface area contributed by atoms with E-state index < -0.39 is 45.0 Å². The first-order chi connectivity index (χ1) is 13.7. The Balaban J connectivity index is 1.67. The molecule has 3 atom stereocenters. The van der Waals surface area contributed by atoms with Crippen molar-refractivity contribution < 1.29 is 26.0 Å². The second kappa shape index (κ2) is 5.86. The van der Waals surface area contributed by atoms with Crippen molar-refractivity contribution in [3.8, 4) is 0 Å². The van der Waals surface area contributed by atoms with Crippen LogP contribution >= 0.6 is 0 Å². The Morgan fingerprint density at radius 1 is 1.00 bits per heavy atom. The molecule has 2 aliphatic rings. The molecule has 0 radical (unpaired) electrons. The molecular weight excluding hydrogens is 412 g/mol. The predicted molar refractivity (Wildman–Crippen MR) is 91.7 cm³/mol. The lowest BCUT2D eigenvalue weighted by atomic mass is 9.99. The molecule has 4 heterocycles. The van der Waals surface area contributed by atoms with Crippen molar-refractivity contribution in [3.63, 3.8) is 0 Å². The topological polar surface area (TPSA) is 79.0 Å². The second-order valence-corrected chi connectivity index (χ2v) is 8.67. The van der Waals surface area contributed by atoms with Crippen molar-refractivity contribution in [1.29, 1.82) is 0 Å². The molecule has 1 N–H and O–H groups in total. The van der Waals surface area contributed by atoms with Gasteiger partial charge in [-0.25, -0.2) is 12.8 Å². The SMILES string of the molecule is O=S(=O)(c1ccc(C(F)(F)F)nc1)N1C2c3ccccc3C1C(F)c1[nH]ncc12. The first kappa shape index (κ1) is 18.3. The van der Waals surface area contributed by atoms with Gasteiger partial charge in [-0.15, -0.1) is 0 Å². The second-order valence-electron chi connectivity index (χ2n) is 6.83. The number of H-pyrrole nitrogens is 1. The van der Waals surface area contributed by atoms with Gasteiger partial charge >= 0.3 is 6.18 Å². The number of hydrogen-bond acceptors (Lipinski definition) is 4. The van der Waals surface area contributed by atoms with E-state index in [0.29, 0.717) is 29.0 Å². The Labute approximate surface area is 162 Å². The number of rotatable bonds is 2. The number of aromatic amines is 1. The number of nitrogens with one attached hydrogen (secondary N) is 1. The fourth-order valence-electron chi connectivity index (χ4n) is 4.07. The van der Waals surface area contributed by atoms with E-state index in [-0.39, 0.29) is 5.69 Å². The van der Waals surface area contributed by atoms with Gasteiger partial charge in [0.2, 0.25) is 10.0 Å². The third-order valence-electron chi connectivity index (χ3n) is 5.29. The minimum atomic E-state index is -4.70. The molecular formula is C18H12F4N4O2S. The van der Waals surface area contributed by atoms with Crippen LogP contribution in [0.3, 0.4) is 0 Å². The molecule has 0 spiro atoms. The molecule has 0 saturated heterocycles. The number of fused-ring (bicyclic) bond motifs is 7. The lowest BCUT2D eigenvalue weighted by Crippen LogP contribution is -2.39. The molecule has 150 valence electrons. The van der Waals surface area contributed by atoms with Crippen LogP contribution in [0.5, 0.6) is 0 Å². The van der Waals surface area contributed by atoms with Crippen LogP contribution in [0.25, 0.3) is 0 Å². The molecule has 0 aliphatic carbocycles. The van der Waals surface area contributed by atoms with E-state index in [1.807, 2.05) is 0 Å². The van der Waals surface area contributed by atoms with Crippen molar-refractivity contribution >= 4 is 10.0 Å². The zero-order valence-electron chi connectivity index (χ0n) is 14.4. The number of nitrogens with zero attached hydrogens (tertiary/aromatic N) is 3. The van der Waals surface area contributed by atoms with E-state index in [2.05, 4.69) is 15.2 Å². The van der Waals surface area contributed by atoms with Crippen LogP contribution in [0.2, 0.25) is 0 Å². The van der Waals surface area contributed by atoms with E-state index in [0.717, 1.165) is 10.4 Å². The summed E-state index contributed by atoms with van der Waals surface area (Å²) in [6.07, 6.45) is -4.37. The summed E-state index contributed by atoms with van der Waals surface area (Å²) in [7, 11) is -4.36.